The van der Waals surface area contributed by atoms with Crippen LogP contribution >= 0.6 is 0 Å². The van der Waals surface area contributed by atoms with Gasteiger partial charge in [-0.05, 0) is 25.8 Å². The topological polar surface area (TPSA) is 101 Å². The number of carboxylic acid groups (broad SMARTS) is 1. The highest BCUT2D eigenvalue weighted by Crippen LogP contribution is 2.28. The van der Waals surface area contributed by atoms with E-state index in [2.05, 4.69) is 5.32 Å². The zero-order chi connectivity index (χ0) is 17.9. The molecule has 0 saturated heterocycles. The van der Waals surface area contributed by atoms with Crippen LogP contribution in [0.4, 0.5) is 0 Å². The van der Waals surface area contributed by atoms with Gasteiger partial charge in [0, 0.05) is 12.8 Å². The molecule has 1 unspecified atom stereocenters. The predicted octanol–water partition coefficient (Wildman–Crippen LogP) is 1.36. The second kappa shape index (κ2) is 6.70. The first kappa shape index (κ1) is 19.2. The molecule has 0 fully saturated rings. The van der Waals surface area contributed by atoms with Gasteiger partial charge in [0.1, 0.15) is 10.2 Å². The predicted molar refractivity (Wildman–Crippen MR) is 88.0 cm³/mol. The monoisotopic (exact) mass is 341 g/mol. The third-order valence-electron chi connectivity index (χ3n) is 4.36. The van der Waals surface area contributed by atoms with E-state index in [1.165, 1.54) is 13.8 Å². The number of hydrogen-bond donors (Lipinski definition) is 2. The molecule has 0 heterocycles. The van der Waals surface area contributed by atoms with Crippen molar-refractivity contribution in [2.24, 2.45) is 0 Å². The summed E-state index contributed by atoms with van der Waals surface area (Å²) in [4.78, 5) is 24.1. The minimum Gasteiger partial charge on any atom is -0.481 e. The summed E-state index contributed by atoms with van der Waals surface area (Å²) >= 11 is 0. The highest BCUT2D eigenvalue weighted by molar-refractivity contribution is 7.92. The van der Waals surface area contributed by atoms with Crippen molar-refractivity contribution in [1.29, 1.82) is 0 Å². The Labute approximate surface area is 136 Å². The SMILES string of the molecule is CCC(CNC(=O)C(C)(C)S(C)(=O)=O)(C(=O)O)c1ccccc1. The van der Waals surface area contributed by atoms with Crippen molar-refractivity contribution in [3.8, 4) is 0 Å². The minimum atomic E-state index is -3.62. The lowest BCUT2D eigenvalue weighted by atomic mass is 9.78. The molecule has 0 aromatic heterocycles. The number of rotatable bonds is 7. The Morgan fingerprint density at radius 3 is 2.09 bits per heavy atom. The lowest BCUT2D eigenvalue weighted by molar-refractivity contribution is -0.144. The van der Waals surface area contributed by atoms with Crippen LogP contribution in [-0.4, -0.2) is 42.9 Å². The maximum Gasteiger partial charge on any atom is 0.315 e. The quantitative estimate of drug-likeness (QED) is 0.780. The first-order chi connectivity index (χ1) is 10.5. The van der Waals surface area contributed by atoms with Gasteiger partial charge in [-0.2, -0.15) is 0 Å². The van der Waals surface area contributed by atoms with Gasteiger partial charge in [-0.15, -0.1) is 0 Å². The van der Waals surface area contributed by atoms with Crippen LogP contribution in [0, 0.1) is 0 Å². The van der Waals surface area contributed by atoms with Crippen molar-refractivity contribution in [1.82, 2.24) is 5.32 Å². The highest BCUT2D eigenvalue weighted by Gasteiger charge is 2.43. The van der Waals surface area contributed by atoms with Crippen LogP contribution in [0.25, 0.3) is 0 Å². The molecule has 0 radical (unpaired) electrons. The summed E-state index contributed by atoms with van der Waals surface area (Å²) < 4.78 is 21.8. The van der Waals surface area contributed by atoms with Crippen molar-refractivity contribution in [3.63, 3.8) is 0 Å². The molecule has 128 valence electrons. The average molecular weight is 341 g/mol. The number of carboxylic acids is 1. The van der Waals surface area contributed by atoms with E-state index in [-0.39, 0.29) is 13.0 Å². The van der Waals surface area contributed by atoms with Crippen LogP contribution in [0.2, 0.25) is 0 Å². The van der Waals surface area contributed by atoms with Gasteiger partial charge in [0.05, 0.1) is 0 Å². The fraction of sp³-hybridized carbons (Fsp3) is 0.500. The van der Waals surface area contributed by atoms with Gasteiger partial charge in [0.25, 0.3) is 0 Å². The van der Waals surface area contributed by atoms with Crippen LogP contribution in [0.5, 0.6) is 0 Å². The van der Waals surface area contributed by atoms with E-state index in [0.717, 1.165) is 6.26 Å². The first-order valence-corrected chi connectivity index (χ1v) is 9.15. The molecule has 0 saturated carbocycles. The van der Waals surface area contributed by atoms with Crippen molar-refractivity contribution in [2.45, 2.75) is 37.4 Å². The smallest absolute Gasteiger partial charge is 0.315 e. The van der Waals surface area contributed by atoms with E-state index in [4.69, 9.17) is 0 Å². The molecular formula is C16H23NO5S. The van der Waals surface area contributed by atoms with Crippen LogP contribution in [0.3, 0.4) is 0 Å². The van der Waals surface area contributed by atoms with Crippen LogP contribution < -0.4 is 5.32 Å². The molecule has 6 nitrogen and oxygen atoms in total. The molecular weight excluding hydrogens is 318 g/mol. The van der Waals surface area contributed by atoms with Gasteiger partial charge in [0.15, 0.2) is 9.84 Å². The Hall–Kier alpha value is -1.89. The molecule has 7 heteroatoms. The fourth-order valence-electron chi connectivity index (χ4n) is 2.15. The second-order valence-corrected chi connectivity index (χ2v) is 8.64. The van der Waals surface area contributed by atoms with E-state index in [9.17, 15) is 23.1 Å². The van der Waals surface area contributed by atoms with Gasteiger partial charge in [-0.25, -0.2) is 8.42 Å². The summed E-state index contributed by atoms with van der Waals surface area (Å²) in [5.74, 6) is -1.78. The van der Waals surface area contributed by atoms with Crippen molar-refractivity contribution in [2.75, 3.05) is 12.8 Å². The van der Waals surface area contributed by atoms with Crippen molar-refractivity contribution < 1.29 is 23.1 Å². The fourth-order valence-corrected chi connectivity index (χ4v) is 2.56. The summed E-state index contributed by atoms with van der Waals surface area (Å²) in [5, 5.41) is 12.2. The number of amides is 1. The average Bonchev–Trinajstić information content (AvgIpc) is 2.47. The van der Waals surface area contributed by atoms with E-state index < -0.39 is 31.9 Å². The van der Waals surface area contributed by atoms with Crippen LogP contribution in [0.1, 0.15) is 32.8 Å². The van der Waals surface area contributed by atoms with E-state index >= 15 is 0 Å². The lowest BCUT2D eigenvalue weighted by Gasteiger charge is -2.31. The van der Waals surface area contributed by atoms with Gasteiger partial charge >= 0.3 is 5.97 Å². The molecule has 1 atom stereocenters. The molecule has 1 amide bonds. The van der Waals surface area contributed by atoms with Crippen LogP contribution in [0.15, 0.2) is 30.3 Å². The summed E-state index contributed by atoms with van der Waals surface area (Å²) in [6, 6.07) is 8.60. The Balaban J connectivity index is 3.11. The number of nitrogens with one attached hydrogen (secondary N) is 1. The third-order valence-corrected chi connectivity index (χ3v) is 6.40. The largest absolute Gasteiger partial charge is 0.481 e. The number of carbonyl (C=O) groups excluding carboxylic acids is 1. The summed E-state index contributed by atoms with van der Waals surface area (Å²) in [6.45, 7) is 4.14. The Bertz CT molecular complexity index is 682. The lowest BCUT2D eigenvalue weighted by Crippen LogP contribution is -2.53. The molecule has 2 N–H and O–H groups in total. The normalized spacial score (nSPS) is 14.8. The van der Waals surface area contributed by atoms with E-state index in [1.54, 1.807) is 37.3 Å². The van der Waals surface area contributed by atoms with E-state index in [1.807, 2.05) is 0 Å². The molecule has 0 aliphatic carbocycles. The summed E-state index contributed by atoms with van der Waals surface area (Å²) in [5.41, 5.74) is -0.739. The molecule has 1 rings (SSSR count). The molecule has 0 aliphatic rings. The Morgan fingerprint density at radius 2 is 1.70 bits per heavy atom. The van der Waals surface area contributed by atoms with Crippen LogP contribution in [-0.2, 0) is 24.8 Å². The minimum absolute atomic E-state index is 0.180. The first-order valence-electron chi connectivity index (χ1n) is 7.26. The molecule has 1 aromatic rings. The molecule has 1 aromatic carbocycles. The highest BCUT2D eigenvalue weighted by atomic mass is 32.2. The van der Waals surface area contributed by atoms with Gasteiger partial charge < -0.3 is 10.4 Å². The van der Waals surface area contributed by atoms with Gasteiger partial charge in [-0.3, -0.25) is 9.59 Å². The summed E-state index contributed by atoms with van der Waals surface area (Å²) in [7, 11) is -3.62. The molecule has 0 spiro atoms. The zero-order valence-electron chi connectivity index (χ0n) is 13.8. The van der Waals surface area contributed by atoms with Crippen molar-refractivity contribution in [3.05, 3.63) is 35.9 Å². The third kappa shape index (κ3) is 3.72. The van der Waals surface area contributed by atoms with Crippen molar-refractivity contribution >= 4 is 21.7 Å². The number of sulfone groups is 1. The number of carbonyl (C=O) groups is 2. The standard InChI is InChI=1S/C16H23NO5S/c1-5-16(14(19)20,12-9-7-6-8-10-12)11-17-13(18)15(2,3)23(4,21)22/h6-10H,5,11H2,1-4H3,(H,17,18)(H,19,20). The number of aliphatic carboxylic acids is 1. The number of benzene rings is 1. The number of hydrogen-bond acceptors (Lipinski definition) is 4. The Morgan fingerprint density at radius 1 is 1.17 bits per heavy atom. The Kier molecular flexibility index (Phi) is 5.58. The molecule has 0 aliphatic heterocycles. The van der Waals surface area contributed by atoms with Gasteiger partial charge in [-0.1, -0.05) is 37.3 Å². The van der Waals surface area contributed by atoms with Gasteiger partial charge in [0.2, 0.25) is 5.91 Å². The second-order valence-electron chi connectivity index (χ2n) is 6.07. The summed E-state index contributed by atoms with van der Waals surface area (Å²) in [6.07, 6.45) is 1.24. The maximum absolute atomic E-state index is 12.2. The molecule has 23 heavy (non-hydrogen) atoms. The maximum atomic E-state index is 12.2. The zero-order valence-corrected chi connectivity index (χ0v) is 14.6. The van der Waals surface area contributed by atoms with E-state index in [0.29, 0.717) is 5.56 Å². The molecule has 0 bridgehead atoms.